The van der Waals surface area contributed by atoms with Crippen molar-refractivity contribution in [3.05, 3.63) is 56.8 Å². The minimum atomic E-state index is -0.399. The Hall–Kier alpha value is -1.12. The first-order chi connectivity index (χ1) is 8.08. The first-order valence-corrected chi connectivity index (χ1v) is 6.79. The average molecular weight is 246 g/mol. The molecule has 0 aliphatic heterocycles. The molecule has 17 heavy (non-hydrogen) atoms. The maximum absolute atomic E-state index is 10.3. The summed E-state index contributed by atoms with van der Waals surface area (Å²) in [7, 11) is 0. The van der Waals surface area contributed by atoms with Crippen LogP contribution in [0.5, 0.6) is 0 Å². The molecular formula is C15H18OS. The van der Waals surface area contributed by atoms with E-state index < -0.39 is 6.10 Å². The lowest BCUT2D eigenvalue weighted by molar-refractivity contribution is 0.178. The highest BCUT2D eigenvalue weighted by molar-refractivity contribution is 7.07. The van der Waals surface area contributed by atoms with Gasteiger partial charge in [-0.25, -0.2) is 0 Å². The van der Waals surface area contributed by atoms with Crippen LogP contribution in [0.2, 0.25) is 0 Å². The van der Waals surface area contributed by atoms with Crippen molar-refractivity contribution in [1.29, 1.82) is 0 Å². The van der Waals surface area contributed by atoms with E-state index in [9.17, 15) is 5.11 Å². The van der Waals surface area contributed by atoms with Gasteiger partial charge in [-0.05, 0) is 65.4 Å². The molecule has 1 unspecified atom stereocenters. The first-order valence-electron chi connectivity index (χ1n) is 5.85. The van der Waals surface area contributed by atoms with Crippen LogP contribution in [0.1, 0.15) is 33.9 Å². The van der Waals surface area contributed by atoms with E-state index >= 15 is 0 Å². The molecule has 2 heteroatoms. The van der Waals surface area contributed by atoms with E-state index in [0.717, 1.165) is 5.56 Å². The van der Waals surface area contributed by atoms with Crippen molar-refractivity contribution in [1.82, 2.24) is 0 Å². The zero-order valence-corrected chi connectivity index (χ0v) is 11.3. The lowest BCUT2D eigenvalue weighted by Crippen LogP contribution is -2.04. The Morgan fingerprint density at radius 3 is 2.47 bits per heavy atom. The molecule has 90 valence electrons. The number of aliphatic hydroxyl groups is 1. The summed E-state index contributed by atoms with van der Waals surface area (Å²) in [5, 5.41) is 14.4. The van der Waals surface area contributed by atoms with Crippen molar-refractivity contribution in [2.75, 3.05) is 0 Å². The zero-order chi connectivity index (χ0) is 12.4. The Kier molecular flexibility index (Phi) is 3.65. The quantitative estimate of drug-likeness (QED) is 0.869. The Morgan fingerprint density at radius 2 is 1.82 bits per heavy atom. The summed E-state index contributed by atoms with van der Waals surface area (Å²) in [5.41, 5.74) is 5.97. The maximum atomic E-state index is 10.3. The number of aliphatic hydroxyl groups excluding tert-OH is 1. The van der Waals surface area contributed by atoms with Gasteiger partial charge in [0.1, 0.15) is 0 Å². The highest BCUT2D eigenvalue weighted by Crippen LogP contribution is 2.25. The molecule has 0 bridgehead atoms. The molecule has 0 saturated carbocycles. The average Bonchev–Trinajstić information content (AvgIpc) is 2.76. The van der Waals surface area contributed by atoms with E-state index in [1.54, 1.807) is 11.3 Å². The summed E-state index contributed by atoms with van der Waals surface area (Å²) in [6, 6.07) is 6.34. The molecule has 0 spiro atoms. The van der Waals surface area contributed by atoms with Crippen LogP contribution in [-0.4, -0.2) is 5.11 Å². The summed E-state index contributed by atoms with van der Waals surface area (Å²) in [6.07, 6.45) is 0.302. The van der Waals surface area contributed by atoms with Crippen LogP contribution in [-0.2, 0) is 6.42 Å². The minimum Gasteiger partial charge on any atom is -0.388 e. The van der Waals surface area contributed by atoms with Crippen LogP contribution >= 0.6 is 11.3 Å². The highest BCUT2D eigenvalue weighted by Gasteiger charge is 2.12. The van der Waals surface area contributed by atoms with Crippen LogP contribution < -0.4 is 0 Å². The van der Waals surface area contributed by atoms with Crippen LogP contribution in [0.15, 0.2) is 29.0 Å². The summed E-state index contributed by atoms with van der Waals surface area (Å²) in [6.45, 7) is 6.27. The fraction of sp³-hybridized carbons (Fsp3) is 0.333. The van der Waals surface area contributed by atoms with Crippen molar-refractivity contribution in [3.8, 4) is 0 Å². The van der Waals surface area contributed by atoms with Gasteiger partial charge in [-0.15, -0.1) is 0 Å². The number of rotatable bonds is 3. The van der Waals surface area contributed by atoms with E-state index in [-0.39, 0.29) is 0 Å². The van der Waals surface area contributed by atoms with Crippen LogP contribution in [0.3, 0.4) is 0 Å². The zero-order valence-electron chi connectivity index (χ0n) is 10.5. The Balaban J connectivity index is 2.24. The monoisotopic (exact) mass is 246 g/mol. The molecule has 1 atom stereocenters. The number of benzene rings is 1. The van der Waals surface area contributed by atoms with Gasteiger partial charge in [-0.2, -0.15) is 11.3 Å². The van der Waals surface area contributed by atoms with Gasteiger partial charge in [0.2, 0.25) is 0 Å². The third kappa shape index (κ3) is 2.76. The molecule has 0 aliphatic rings. The fourth-order valence-corrected chi connectivity index (χ4v) is 2.77. The number of hydrogen-bond donors (Lipinski definition) is 1. The summed E-state index contributed by atoms with van der Waals surface area (Å²) >= 11 is 1.68. The third-order valence-corrected chi connectivity index (χ3v) is 3.98. The predicted octanol–water partition coefficient (Wildman–Crippen LogP) is 3.95. The molecule has 1 N–H and O–H groups in total. The van der Waals surface area contributed by atoms with Crippen LogP contribution in [0, 0.1) is 20.8 Å². The molecule has 0 saturated heterocycles. The van der Waals surface area contributed by atoms with E-state index in [0.29, 0.717) is 6.42 Å². The van der Waals surface area contributed by atoms with E-state index in [1.165, 1.54) is 22.3 Å². The Labute approximate surface area is 107 Å². The Bertz CT molecular complexity index is 500. The van der Waals surface area contributed by atoms with Crippen molar-refractivity contribution in [3.63, 3.8) is 0 Å². The second kappa shape index (κ2) is 5.03. The first kappa shape index (κ1) is 12.3. The van der Waals surface area contributed by atoms with Gasteiger partial charge in [-0.1, -0.05) is 12.1 Å². The van der Waals surface area contributed by atoms with Crippen molar-refractivity contribution < 1.29 is 5.11 Å². The lowest BCUT2D eigenvalue weighted by Gasteiger charge is -2.15. The van der Waals surface area contributed by atoms with Crippen molar-refractivity contribution in [2.45, 2.75) is 33.3 Å². The van der Waals surface area contributed by atoms with Gasteiger partial charge in [0.25, 0.3) is 0 Å². The lowest BCUT2D eigenvalue weighted by atomic mass is 9.94. The summed E-state index contributed by atoms with van der Waals surface area (Å²) in [4.78, 5) is 0. The highest BCUT2D eigenvalue weighted by atomic mass is 32.1. The van der Waals surface area contributed by atoms with E-state index in [4.69, 9.17) is 0 Å². The molecule has 1 aromatic heterocycles. The molecule has 1 aromatic carbocycles. The number of hydrogen-bond acceptors (Lipinski definition) is 2. The maximum Gasteiger partial charge on any atom is 0.0833 e. The van der Waals surface area contributed by atoms with Gasteiger partial charge in [0, 0.05) is 6.42 Å². The summed E-state index contributed by atoms with van der Waals surface area (Å²) < 4.78 is 0. The number of aryl methyl sites for hydroxylation is 3. The van der Waals surface area contributed by atoms with E-state index in [2.05, 4.69) is 49.7 Å². The second-order valence-electron chi connectivity index (χ2n) is 4.64. The molecule has 2 rings (SSSR count). The molecular weight excluding hydrogens is 228 g/mol. The summed E-state index contributed by atoms with van der Waals surface area (Å²) in [5.74, 6) is 0. The van der Waals surface area contributed by atoms with Crippen LogP contribution in [0.25, 0.3) is 0 Å². The minimum absolute atomic E-state index is 0.399. The smallest absolute Gasteiger partial charge is 0.0833 e. The fourth-order valence-electron chi connectivity index (χ4n) is 2.08. The largest absolute Gasteiger partial charge is 0.388 e. The van der Waals surface area contributed by atoms with Gasteiger partial charge in [-0.3, -0.25) is 0 Å². The SMILES string of the molecule is Cc1cc(C)c(C(O)Cc2ccsc2)cc1C. The molecule has 0 aliphatic carbocycles. The van der Waals surface area contributed by atoms with Crippen molar-refractivity contribution >= 4 is 11.3 Å². The topological polar surface area (TPSA) is 20.2 Å². The standard InChI is InChI=1S/C15H18OS/c1-10-6-12(3)14(7-11(10)2)15(16)8-13-4-5-17-9-13/h4-7,9,15-16H,8H2,1-3H3. The third-order valence-electron chi connectivity index (χ3n) is 3.25. The van der Waals surface area contributed by atoms with E-state index in [1.807, 2.05) is 0 Å². The molecule has 0 radical (unpaired) electrons. The molecule has 2 aromatic rings. The van der Waals surface area contributed by atoms with Gasteiger partial charge < -0.3 is 5.11 Å². The van der Waals surface area contributed by atoms with Gasteiger partial charge >= 0.3 is 0 Å². The normalized spacial score (nSPS) is 12.7. The molecule has 1 heterocycles. The molecule has 0 fully saturated rings. The molecule has 0 amide bonds. The number of thiophene rings is 1. The molecule has 1 nitrogen and oxygen atoms in total. The second-order valence-corrected chi connectivity index (χ2v) is 5.42. The van der Waals surface area contributed by atoms with Gasteiger partial charge in [0.15, 0.2) is 0 Å². The predicted molar refractivity (Wildman–Crippen MR) is 73.6 cm³/mol. The van der Waals surface area contributed by atoms with Gasteiger partial charge in [0.05, 0.1) is 6.10 Å². The Morgan fingerprint density at radius 1 is 1.12 bits per heavy atom. The van der Waals surface area contributed by atoms with Crippen LogP contribution in [0.4, 0.5) is 0 Å². The van der Waals surface area contributed by atoms with Crippen molar-refractivity contribution in [2.24, 2.45) is 0 Å².